The molecule has 1 aromatic carbocycles. The highest BCUT2D eigenvalue weighted by Crippen LogP contribution is 2.16. The third kappa shape index (κ3) is 1.79. The molecule has 14 heavy (non-hydrogen) atoms. The maximum atomic E-state index is 13.0. The van der Waals surface area contributed by atoms with Gasteiger partial charge in [0.2, 0.25) is 0 Å². The Kier molecular flexibility index (Phi) is 2.96. The predicted molar refractivity (Wildman–Crippen MR) is 47.8 cm³/mol. The predicted octanol–water partition coefficient (Wildman–Crippen LogP) is 2.39. The SMILES string of the molecule is C=Cc1cc(F)c(F)c(C(=O)OC)c1. The molecule has 0 aliphatic rings. The van der Waals surface area contributed by atoms with Gasteiger partial charge in [0.1, 0.15) is 0 Å². The molecule has 0 atom stereocenters. The smallest absolute Gasteiger partial charge is 0.340 e. The average Bonchev–Trinajstić information content (AvgIpc) is 2.20. The topological polar surface area (TPSA) is 26.3 Å². The van der Waals surface area contributed by atoms with E-state index in [4.69, 9.17) is 0 Å². The first-order valence-corrected chi connectivity index (χ1v) is 3.80. The first-order valence-electron chi connectivity index (χ1n) is 3.80. The van der Waals surface area contributed by atoms with Crippen molar-refractivity contribution in [3.05, 3.63) is 41.5 Å². The van der Waals surface area contributed by atoms with Gasteiger partial charge in [-0.2, -0.15) is 0 Å². The minimum atomic E-state index is -1.21. The largest absolute Gasteiger partial charge is 0.465 e. The van der Waals surface area contributed by atoms with Crippen molar-refractivity contribution in [2.45, 2.75) is 0 Å². The van der Waals surface area contributed by atoms with Gasteiger partial charge in [-0.15, -0.1) is 0 Å². The van der Waals surface area contributed by atoms with Gasteiger partial charge in [-0.1, -0.05) is 12.7 Å². The highest BCUT2D eigenvalue weighted by molar-refractivity contribution is 5.90. The molecule has 0 saturated carbocycles. The molecule has 1 rings (SSSR count). The van der Waals surface area contributed by atoms with Crippen LogP contribution in [0.1, 0.15) is 15.9 Å². The fourth-order valence-electron chi connectivity index (χ4n) is 0.986. The van der Waals surface area contributed by atoms with Crippen molar-refractivity contribution in [1.82, 2.24) is 0 Å². The lowest BCUT2D eigenvalue weighted by Gasteiger charge is -2.03. The number of methoxy groups -OCH3 is 1. The van der Waals surface area contributed by atoms with Gasteiger partial charge in [0, 0.05) is 0 Å². The van der Waals surface area contributed by atoms with Crippen LogP contribution in [0.5, 0.6) is 0 Å². The molecule has 0 heterocycles. The Balaban J connectivity index is 3.33. The zero-order valence-corrected chi connectivity index (χ0v) is 7.51. The molecular formula is C10H8F2O2. The van der Waals surface area contributed by atoms with Crippen molar-refractivity contribution in [3.8, 4) is 0 Å². The van der Waals surface area contributed by atoms with E-state index in [9.17, 15) is 13.6 Å². The summed E-state index contributed by atoms with van der Waals surface area (Å²) in [5.41, 5.74) is -0.105. The highest BCUT2D eigenvalue weighted by atomic mass is 19.2. The summed E-state index contributed by atoms with van der Waals surface area (Å²) in [4.78, 5) is 11.0. The monoisotopic (exact) mass is 198 g/mol. The Hall–Kier alpha value is -1.71. The van der Waals surface area contributed by atoms with Crippen LogP contribution in [-0.4, -0.2) is 13.1 Å². The van der Waals surface area contributed by atoms with Crippen molar-refractivity contribution in [2.24, 2.45) is 0 Å². The molecule has 0 spiro atoms. The van der Waals surface area contributed by atoms with Crippen LogP contribution in [-0.2, 0) is 4.74 Å². The summed E-state index contributed by atoms with van der Waals surface area (Å²) in [6.45, 7) is 3.39. The number of hydrogen-bond acceptors (Lipinski definition) is 2. The number of benzene rings is 1. The van der Waals surface area contributed by atoms with Gasteiger partial charge in [0.05, 0.1) is 12.7 Å². The summed E-state index contributed by atoms with van der Waals surface area (Å²) in [6.07, 6.45) is 1.31. The summed E-state index contributed by atoms with van der Waals surface area (Å²) in [6, 6.07) is 2.13. The van der Waals surface area contributed by atoms with Crippen LogP contribution in [0.2, 0.25) is 0 Å². The summed E-state index contributed by atoms with van der Waals surface area (Å²) in [5, 5.41) is 0. The van der Waals surface area contributed by atoms with Gasteiger partial charge in [0.25, 0.3) is 0 Å². The van der Waals surface area contributed by atoms with E-state index in [2.05, 4.69) is 11.3 Å². The number of carbonyl (C=O) groups excluding carboxylic acids is 1. The first kappa shape index (κ1) is 10.4. The lowest BCUT2D eigenvalue weighted by molar-refractivity contribution is 0.0594. The normalized spacial score (nSPS) is 9.64. The molecule has 0 aliphatic carbocycles. The van der Waals surface area contributed by atoms with E-state index in [0.717, 1.165) is 13.2 Å². The summed E-state index contributed by atoms with van der Waals surface area (Å²) >= 11 is 0. The molecule has 0 radical (unpaired) electrons. The number of hydrogen-bond donors (Lipinski definition) is 0. The molecule has 0 aromatic heterocycles. The van der Waals surface area contributed by atoms with E-state index in [0.29, 0.717) is 5.56 Å². The Morgan fingerprint density at radius 2 is 2.14 bits per heavy atom. The van der Waals surface area contributed by atoms with Gasteiger partial charge in [-0.05, 0) is 17.7 Å². The Bertz CT molecular complexity index is 386. The lowest BCUT2D eigenvalue weighted by atomic mass is 10.1. The number of rotatable bonds is 2. The molecule has 0 fully saturated rings. The fourth-order valence-corrected chi connectivity index (χ4v) is 0.986. The minimum absolute atomic E-state index is 0.323. The van der Waals surface area contributed by atoms with Crippen LogP contribution in [0, 0.1) is 11.6 Å². The van der Waals surface area contributed by atoms with Gasteiger partial charge in [-0.25, -0.2) is 13.6 Å². The third-order valence-corrected chi connectivity index (χ3v) is 1.69. The van der Waals surface area contributed by atoms with Crippen LogP contribution < -0.4 is 0 Å². The second-order valence-corrected chi connectivity index (χ2v) is 2.56. The first-order chi connectivity index (χ1) is 6.60. The molecule has 0 saturated heterocycles. The fraction of sp³-hybridized carbons (Fsp3) is 0.100. The molecule has 0 aliphatic heterocycles. The van der Waals surface area contributed by atoms with E-state index in [1.54, 1.807) is 0 Å². The molecule has 0 N–H and O–H groups in total. The van der Waals surface area contributed by atoms with Gasteiger partial charge in [0.15, 0.2) is 11.6 Å². The second-order valence-electron chi connectivity index (χ2n) is 2.56. The van der Waals surface area contributed by atoms with Crippen LogP contribution in [0.15, 0.2) is 18.7 Å². The number of carbonyl (C=O) groups is 1. The second kappa shape index (κ2) is 4.00. The maximum Gasteiger partial charge on any atom is 0.340 e. The van der Waals surface area contributed by atoms with Gasteiger partial charge < -0.3 is 4.74 Å². The van der Waals surface area contributed by atoms with Gasteiger partial charge in [-0.3, -0.25) is 0 Å². The van der Waals surface area contributed by atoms with Crippen molar-refractivity contribution >= 4 is 12.0 Å². The van der Waals surface area contributed by atoms with Crippen molar-refractivity contribution < 1.29 is 18.3 Å². The number of esters is 1. The van der Waals surface area contributed by atoms with Crippen LogP contribution >= 0.6 is 0 Å². The summed E-state index contributed by atoms with van der Waals surface area (Å²) < 4.78 is 30.2. The molecule has 0 unspecified atom stereocenters. The molecule has 2 nitrogen and oxygen atoms in total. The van der Waals surface area contributed by atoms with E-state index in [-0.39, 0.29) is 0 Å². The zero-order valence-electron chi connectivity index (χ0n) is 7.51. The standard InChI is InChI=1S/C10H8F2O2/c1-3-6-4-7(10(13)14-2)9(12)8(11)5-6/h3-5H,1H2,2H3. The average molecular weight is 198 g/mol. The molecule has 0 bridgehead atoms. The van der Waals surface area contributed by atoms with E-state index in [1.165, 1.54) is 12.1 Å². The third-order valence-electron chi connectivity index (χ3n) is 1.69. The molecule has 74 valence electrons. The molecule has 4 heteroatoms. The van der Waals surface area contributed by atoms with Crippen molar-refractivity contribution in [1.29, 1.82) is 0 Å². The molecular weight excluding hydrogens is 190 g/mol. The molecule has 1 aromatic rings. The van der Waals surface area contributed by atoms with Crippen LogP contribution in [0.4, 0.5) is 8.78 Å². The zero-order chi connectivity index (χ0) is 10.7. The van der Waals surface area contributed by atoms with E-state index >= 15 is 0 Å². The Morgan fingerprint density at radius 1 is 1.50 bits per heavy atom. The number of halogens is 2. The quantitative estimate of drug-likeness (QED) is 0.682. The summed E-state index contributed by atoms with van der Waals surface area (Å²) in [5.74, 6) is -3.21. The van der Waals surface area contributed by atoms with Crippen LogP contribution in [0.3, 0.4) is 0 Å². The van der Waals surface area contributed by atoms with Crippen molar-refractivity contribution in [3.63, 3.8) is 0 Å². The van der Waals surface area contributed by atoms with E-state index < -0.39 is 23.2 Å². The van der Waals surface area contributed by atoms with E-state index in [1.807, 2.05) is 0 Å². The van der Waals surface area contributed by atoms with Crippen molar-refractivity contribution in [2.75, 3.05) is 7.11 Å². The van der Waals surface area contributed by atoms with Gasteiger partial charge >= 0.3 is 5.97 Å². The number of ether oxygens (including phenoxy) is 1. The Morgan fingerprint density at radius 3 is 2.64 bits per heavy atom. The minimum Gasteiger partial charge on any atom is -0.465 e. The Labute approximate surface area is 79.8 Å². The lowest BCUT2D eigenvalue weighted by Crippen LogP contribution is -2.06. The highest BCUT2D eigenvalue weighted by Gasteiger charge is 2.16. The summed E-state index contributed by atoms with van der Waals surface area (Å²) in [7, 11) is 1.10. The van der Waals surface area contributed by atoms with Crippen LogP contribution in [0.25, 0.3) is 6.08 Å². The maximum absolute atomic E-state index is 13.0. The molecule has 0 amide bonds.